The standard InChI is InChI=1S/C8H10N2O3.2ClH/c9-1-2-13-7-3-6(8(11)12)4-10-5-7;;/h3-5H,1-2,9H2,(H,11,12);2*1H. The topological polar surface area (TPSA) is 85.4 Å². The van der Waals surface area contributed by atoms with Crippen LogP contribution in [0.2, 0.25) is 0 Å². The third kappa shape index (κ3) is 5.41. The lowest BCUT2D eigenvalue weighted by molar-refractivity contribution is 0.0696. The third-order valence-electron chi connectivity index (χ3n) is 1.35. The SMILES string of the molecule is Cl.Cl.NCCOc1cncc(C(=O)O)c1. The van der Waals surface area contributed by atoms with E-state index in [1.807, 2.05) is 0 Å². The molecule has 3 N–H and O–H groups in total. The average molecular weight is 255 g/mol. The van der Waals surface area contributed by atoms with Crippen LogP contribution < -0.4 is 10.5 Å². The second-order valence-electron chi connectivity index (χ2n) is 2.35. The van der Waals surface area contributed by atoms with Crippen LogP contribution in [0.25, 0.3) is 0 Å². The van der Waals surface area contributed by atoms with Crippen LogP contribution in [0.5, 0.6) is 5.75 Å². The quantitative estimate of drug-likeness (QED) is 0.836. The fourth-order valence-corrected chi connectivity index (χ4v) is 0.791. The summed E-state index contributed by atoms with van der Waals surface area (Å²) in [5.74, 6) is -0.601. The van der Waals surface area contributed by atoms with Gasteiger partial charge in [-0.2, -0.15) is 0 Å². The van der Waals surface area contributed by atoms with Crippen LogP contribution in [0.15, 0.2) is 18.5 Å². The highest BCUT2D eigenvalue weighted by molar-refractivity contribution is 5.87. The minimum Gasteiger partial charge on any atom is -0.491 e. The Morgan fingerprint density at radius 1 is 1.47 bits per heavy atom. The predicted molar refractivity (Wildman–Crippen MR) is 60.2 cm³/mol. The first kappa shape index (κ1) is 16.4. The number of hydrogen-bond acceptors (Lipinski definition) is 4. The van der Waals surface area contributed by atoms with E-state index in [9.17, 15) is 4.79 Å². The van der Waals surface area contributed by atoms with Gasteiger partial charge in [0.25, 0.3) is 0 Å². The molecule has 0 saturated carbocycles. The van der Waals surface area contributed by atoms with Crippen molar-refractivity contribution in [2.45, 2.75) is 0 Å². The highest BCUT2D eigenvalue weighted by Crippen LogP contribution is 2.10. The van der Waals surface area contributed by atoms with E-state index < -0.39 is 5.97 Å². The van der Waals surface area contributed by atoms with Crippen molar-refractivity contribution in [3.63, 3.8) is 0 Å². The Morgan fingerprint density at radius 2 is 2.13 bits per heavy atom. The molecule has 0 spiro atoms. The van der Waals surface area contributed by atoms with Crippen molar-refractivity contribution in [1.82, 2.24) is 4.98 Å². The molecule has 0 bridgehead atoms. The van der Waals surface area contributed by atoms with Crippen LogP contribution in [-0.4, -0.2) is 29.2 Å². The smallest absolute Gasteiger partial charge is 0.337 e. The number of carboxylic acid groups (broad SMARTS) is 1. The summed E-state index contributed by atoms with van der Waals surface area (Å²) in [5.41, 5.74) is 5.32. The maximum atomic E-state index is 10.5. The summed E-state index contributed by atoms with van der Waals surface area (Å²) < 4.78 is 5.10. The highest BCUT2D eigenvalue weighted by atomic mass is 35.5. The Bertz CT molecular complexity index is 310. The van der Waals surface area contributed by atoms with Gasteiger partial charge in [0.15, 0.2) is 0 Å². The summed E-state index contributed by atoms with van der Waals surface area (Å²) in [5, 5.41) is 8.61. The molecule has 1 aromatic heterocycles. The highest BCUT2D eigenvalue weighted by Gasteiger charge is 2.03. The van der Waals surface area contributed by atoms with Gasteiger partial charge in [0.05, 0.1) is 11.8 Å². The second-order valence-corrected chi connectivity index (χ2v) is 2.35. The van der Waals surface area contributed by atoms with Gasteiger partial charge in [0.1, 0.15) is 12.4 Å². The first-order valence-corrected chi connectivity index (χ1v) is 3.75. The summed E-state index contributed by atoms with van der Waals surface area (Å²) in [4.78, 5) is 14.2. The average Bonchev–Trinajstić information content (AvgIpc) is 2.15. The molecular formula is C8H12Cl2N2O3. The van der Waals surface area contributed by atoms with E-state index in [0.717, 1.165) is 0 Å². The summed E-state index contributed by atoms with van der Waals surface area (Å²) in [6, 6.07) is 1.41. The van der Waals surface area contributed by atoms with Gasteiger partial charge in [0, 0.05) is 12.7 Å². The molecule has 0 aliphatic rings. The lowest BCUT2D eigenvalue weighted by Gasteiger charge is -2.03. The number of hydrogen-bond donors (Lipinski definition) is 2. The monoisotopic (exact) mass is 254 g/mol. The number of nitrogens with zero attached hydrogens (tertiary/aromatic N) is 1. The largest absolute Gasteiger partial charge is 0.491 e. The molecule has 5 nitrogen and oxygen atoms in total. The summed E-state index contributed by atoms with van der Waals surface area (Å²) >= 11 is 0. The van der Waals surface area contributed by atoms with E-state index in [2.05, 4.69) is 4.98 Å². The van der Waals surface area contributed by atoms with Crippen LogP contribution in [-0.2, 0) is 0 Å². The molecule has 0 amide bonds. The van der Waals surface area contributed by atoms with Crippen molar-refractivity contribution in [2.24, 2.45) is 5.73 Å². The fraction of sp³-hybridized carbons (Fsp3) is 0.250. The molecule has 0 unspecified atom stereocenters. The fourth-order valence-electron chi connectivity index (χ4n) is 0.791. The van der Waals surface area contributed by atoms with Crippen LogP contribution in [0.1, 0.15) is 10.4 Å². The van der Waals surface area contributed by atoms with Gasteiger partial charge in [0.2, 0.25) is 0 Å². The normalized spacial score (nSPS) is 8.33. The molecule has 0 aliphatic heterocycles. The van der Waals surface area contributed by atoms with Crippen molar-refractivity contribution >= 4 is 30.8 Å². The lowest BCUT2D eigenvalue weighted by Crippen LogP contribution is -2.11. The van der Waals surface area contributed by atoms with Crippen LogP contribution in [0, 0.1) is 0 Å². The summed E-state index contributed by atoms with van der Waals surface area (Å²) in [6.45, 7) is 0.738. The van der Waals surface area contributed by atoms with E-state index in [1.54, 1.807) is 0 Å². The molecule has 86 valence electrons. The molecule has 15 heavy (non-hydrogen) atoms. The van der Waals surface area contributed by atoms with Gasteiger partial charge in [-0.15, -0.1) is 24.8 Å². The Kier molecular flexibility index (Phi) is 9.05. The van der Waals surface area contributed by atoms with Crippen LogP contribution >= 0.6 is 24.8 Å². The summed E-state index contributed by atoms with van der Waals surface area (Å²) in [6.07, 6.45) is 2.71. The number of aromatic carboxylic acids is 1. The molecule has 1 rings (SSSR count). The Balaban J connectivity index is 0. The molecule has 1 aromatic rings. The molecule has 0 saturated heterocycles. The Hall–Kier alpha value is -1.04. The minimum atomic E-state index is -1.02. The van der Waals surface area contributed by atoms with Gasteiger partial charge in [-0.05, 0) is 6.07 Å². The van der Waals surface area contributed by atoms with Gasteiger partial charge >= 0.3 is 5.97 Å². The number of halogens is 2. The van der Waals surface area contributed by atoms with Crippen molar-refractivity contribution in [1.29, 1.82) is 0 Å². The molecule has 0 aromatic carbocycles. The van der Waals surface area contributed by atoms with Crippen molar-refractivity contribution < 1.29 is 14.6 Å². The van der Waals surface area contributed by atoms with E-state index in [0.29, 0.717) is 18.9 Å². The number of carboxylic acids is 1. The zero-order chi connectivity index (χ0) is 9.68. The molecule has 7 heteroatoms. The van der Waals surface area contributed by atoms with Crippen molar-refractivity contribution in [3.8, 4) is 5.75 Å². The zero-order valence-corrected chi connectivity index (χ0v) is 9.38. The van der Waals surface area contributed by atoms with Gasteiger partial charge in [-0.1, -0.05) is 0 Å². The Labute approximate surface area is 99.5 Å². The van der Waals surface area contributed by atoms with Crippen LogP contribution in [0.3, 0.4) is 0 Å². The summed E-state index contributed by atoms with van der Waals surface area (Å²) in [7, 11) is 0. The number of pyridine rings is 1. The number of nitrogens with two attached hydrogens (primary N) is 1. The van der Waals surface area contributed by atoms with E-state index in [4.69, 9.17) is 15.6 Å². The maximum Gasteiger partial charge on any atom is 0.337 e. The number of ether oxygens (including phenoxy) is 1. The molecule has 0 atom stereocenters. The van der Waals surface area contributed by atoms with Crippen LogP contribution in [0.4, 0.5) is 0 Å². The van der Waals surface area contributed by atoms with Gasteiger partial charge in [-0.25, -0.2) is 4.79 Å². The molecular weight excluding hydrogens is 243 g/mol. The molecule has 0 aliphatic carbocycles. The molecule has 0 radical (unpaired) electrons. The van der Waals surface area contributed by atoms with Gasteiger partial charge < -0.3 is 15.6 Å². The first-order chi connectivity index (χ1) is 6.24. The van der Waals surface area contributed by atoms with Gasteiger partial charge in [-0.3, -0.25) is 4.98 Å². The van der Waals surface area contributed by atoms with E-state index in [-0.39, 0.29) is 30.4 Å². The molecule has 1 heterocycles. The first-order valence-electron chi connectivity index (χ1n) is 3.75. The lowest BCUT2D eigenvalue weighted by atomic mass is 10.3. The zero-order valence-electron chi connectivity index (χ0n) is 7.75. The van der Waals surface area contributed by atoms with E-state index >= 15 is 0 Å². The number of carbonyl (C=O) groups is 1. The second kappa shape index (κ2) is 8.28. The minimum absolute atomic E-state index is 0. The number of aromatic nitrogens is 1. The van der Waals surface area contributed by atoms with E-state index in [1.165, 1.54) is 18.5 Å². The van der Waals surface area contributed by atoms with Crippen molar-refractivity contribution in [3.05, 3.63) is 24.0 Å². The predicted octanol–water partition coefficient (Wildman–Crippen LogP) is 0.961. The maximum absolute atomic E-state index is 10.5. The third-order valence-corrected chi connectivity index (χ3v) is 1.35. The van der Waals surface area contributed by atoms with Crippen molar-refractivity contribution in [2.75, 3.05) is 13.2 Å². The molecule has 0 fully saturated rings. The number of rotatable bonds is 4. The Morgan fingerprint density at radius 3 is 2.67 bits per heavy atom.